The zero-order chi connectivity index (χ0) is 50.1. The number of benzene rings is 7. The summed E-state index contributed by atoms with van der Waals surface area (Å²) in [6.07, 6.45) is 1.21. The van der Waals surface area contributed by atoms with Crippen molar-refractivity contribution in [1.82, 2.24) is 15.5 Å². The third-order valence-electron chi connectivity index (χ3n) is 15.4. The third kappa shape index (κ3) is 9.14. The number of carbonyl (C=O) groups is 4. The van der Waals surface area contributed by atoms with Gasteiger partial charge >= 0.3 is 18.2 Å². The Labute approximate surface area is 430 Å². The normalized spacial score (nSPS) is 18.1. The summed E-state index contributed by atoms with van der Waals surface area (Å²) in [4.78, 5) is 59.6. The number of ether oxygens (including phenoxy) is 3. The minimum absolute atomic E-state index is 0.00196. The lowest BCUT2D eigenvalue weighted by Crippen LogP contribution is -2.55. The van der Waals surface area contributed by atoms with Crippen molar-refractivity contribution in [2.75, 3.05) is 19.8 Å². The van der Waals surface area contributed by atoms with Crippen molar-refractivity contribution in [3.05, 3.63) is 225 Å². The Kier molecular flexibility index (Phi) is 13.1. The van der Waals surface area contributed by atoms with E-state index >= 15 is 4.79 Å². The first-order valence-corrected chi connectivity index (χ1v) is 25.6. The Bertz CT molecular complexity index is 3120. The minimum Gasteiger partial charge on any atom is -0.449 e. The molecule has 0 aromatic heterocycles. The Morgan fingerprint density at radius 3 is 1.67 bits per heavy atom. The van der Waals surface area contributed by atoms with Crippen LogP contribution in [0.2, 0.25) is 5.02 Å². The number of aryl methyl sites for hydroxylation is 1. The highest BCUT2D eigenvalue weighted by Crippen LogP contribution is 2.48. The average molecular weight is 991 g/mol. The van der Waals surface area contributed by atoms with Crippen LogP contribution in [0.3, 0.4) is 0 Å². The van der Waals surface area contributed by atoms with E-state index in [1.165, 1.54) is 4.90 Å². The predicted octanol–water partition coefficient (Wildman–Crippen LogP) is 12.2. The zero-order valence-electron chi connectivity index (χ0n) is 40.6. The van der Waals surface area contributed by atoms with Gasteiger partial charge in [0.1, 0.15) is 19.3 Å². The minimum atomic E-state index is -1.43. The van der Waals surface area contributed by atoms with Crippen LogP contribution in [-0.2, 0) is 29.4 Å². The molecule has 11 heteroatoms. The van der Waals surface area contributed by atoms with Crippen molar-refractivity contribution in [2.45, 2.75) is 80.5 Å². The average Bonchev–Trinajstić information content (AvgIpc) is 4.20. The summed E-state index contributed by atoms with van der Waals surface area (Å²) in [6, 6.07) is 55.6. The van der Waals surface area contributed by atoms with Crippen molar-refractivity contribution < 1.29 is 33.4 Å². The summed E-state index contributed by atoms with van der Waals surface area (Å²) in [6.45, 7) is 2.16. The largest absolute Gasteiger partial charge is 0.449 e. The molecule has 368 valence electrons. The first-order chi connectivity index (χ1) is 35.6. The SMILES string of the molecule is Cc1ccc(C(OC(=O)CC2(NC(=O)[C@@H]3C[C@H](NC(=O)OCC4c5ccccc5-c5ccccc54)CN3C(=O)OCC3c4ccccc4-c4ccccc43)CCCC2)(c2ccccc2)c2ccccc2Cl)cc1. The van der Waals surface area contributed by atoms with E-state index in [1.807, 2.05) is 128 Å². The smallest absolute Gasteiger partial charge is 0.410 e. The van der Waals surface area contributed by atoms with Crippen molar-refractivity contribution in [1.29, 1.82) is 0 Å². The number of amides is 3. The first-order valence-electron chi connectivity index (χ1n) is 25.3. The number of fused-ring (bicyclic) bond motifs is 6. The summed E-state index contributed by atoms with van der Waals surface area (Å²) < 4.78 is 19.0. The van der Waals surface area contributed by atoms with Crippen LogP contribution in [-0.4, -0.2) is 66.3 Å². The summed E-state index contributed by atoms with van der Waals surface area (Å²) in [5.74, 6) is -1.33. The van der Waals surface area contributed by atoms with E-state index < -0.39 is 47.3 Å². The molecule has 1 aliphatic heterocycles. The molecule has 3 atom stereocenters. The summed E-state index contributed by atoms with van der Waals surface area (Å²) >= 11 is 7.01. The quantitative estimate of drug-likeness (QED) is 0.0670. The molecule has 3 aliphatic carbocycles. The highest BCUT2D eigenvalue weighted by Gasteiger charge is 2.48. The van der Waals surface area contributed by atoms with Gasteiger partial charge in [-0.1, -0.05) is 200 Å². The molecule has 11 rings (SSSR count). The van der Waals surface area contributed by atoms with Gasteiger partial charge in [0.25, 0.3) is 0 Å². The van der Waals surface area contributed by atoms with Crippen LogP contribution in [0.25, 0.3) is 22.3 Å². The summed E-state index contributed by atoms with van der Waals surface area (Å²) in [7, 11) is 0. The lowest BCUT2D eigenvalue weighted by Gasteiger charge is -2.38. The molecule has 0 bridgehead atoms. The Balaban J connectivity index is 0.846. The van der Waals surface area contributed by atoms with Gasteiger partial charge in [-0.05, 0) is 76.8 Å². The predicted molar refractivity (Wildman–Crippen MR) is 281 cm³/mol. The molecule has 0 radical (unpaired) electrons. The second kappa shape index (κ2) is 20.1. The summed E-state index contributed by atoms with van der Waals surface area (Å²) in [5, 5.41) is 6.71. The number of esters is 1. The Morgan fingerprint density at radius 2 is 1.11 bits per heavy atom. The Hall–Kier alpha value is -7.69. The number of nitrogens with zero attached hydrogens (tertiary/aromatic N) is 1. The first kappa shape index (κ1) is 47.6. The van der Waals surface area contributed by atoms with Crippen molar-refractivity contribution in [3.63, 3.8) is 0 Å². The van der Waals surface area contributed by atoms with Crippen molar-refractivity contribution in [3.8, 4) is 22.3 Å². The standard InChI is InChI=1S/C62H56ClN3O7/c1-40-29-31-42(32-30-40)62(41-17-3-2-4-18-41,54-27-13-14-28-55(54)63)73-57(67)36-61(33-15-16-34-61)65-58(68)56-35-43(64-59(69)71-38-52-48-23-9-5-19-44(48)45-20-6-10-24-49(45)52)37-66(56)60(70)72-39-53-50-25-11-7-21-46(50)47-22-8-12-26-51(47)53/h2-14,17-32,43,52-53,56H,15-16,33-39H2,1H3,(H,64,69)(H,65,68)/t43-,56-,62?/m0/s1. The van der Waals surface area contributed by atoms with Gasteiger partial charge in [-0.25, -0.2) is 9.59 Å². The van der Waals surface area contributed by atoms with E-state index in [4.69, 9.17) is 25.8 Å². The van der Waals surface area contributed by atoms with E-state index in [2.05, 4.69) is 59.2 Å². The number of alkyl carbamates (subject to hydrolysis) is 1. The molecule has 1 heterocycles. The molecule has 7 aromatic carbocycles. The number of likely N-dealkylation sites (tertiary alicyclic amines) is 1. The fraction of sp³-hybridized carbons (Fsp3) is 0.258. The van der Waals surface area contributed by atoms with Crippen molar-refractivity contribution >= 4 is 35.7 Å². The molecule has 0 spiro atoms. The molecule has 2 N–H and O–H groups in total. The van der Waals surface area contributed by atoms with Gasteiger partial charge in [0.2, 0.25) is 5.91 Å². The molecule has 7 aromatic rings. The van der Waals surface area contributed by atoms with Crippen LogP contribution < -0.4 is 10.6 Å². The topological polar surface area (TPSA) is 123 Å². The molecule has 1 saturated carbocycles. The molecule has 2 fully saturated rings. The van der Waals surface area contributed by atoms with Gasteiger partial charge < -0.3 is 24.8 Å². The van der Waals surface area contributed by atoms with Crippen LogP contribution in [0.5, 0.6) is 0 Å². The maximum atomic E-state index is 15.0. The van der Waals surface area contributed by atoms with Gasteiger partial charge in [0.15, 0.2) is 5.60 Å². The van der Waals surface area contributed by atoms with E-state index in [0.29, 0.717) is 29.0 Å². The zero-order valence-corrected chi connectivity index (χ0v) is 41.4. The fourth-order valence-electron chi connectivity index (χ4n) is 12.0. The van der Waals surface area contributed by atoms with Crippen LogP contribution in [0.1, 0.15) is 94.9 Å². The number of hydrogen-bond acceptors (Lipinski definition) is 7. The number of rotatable bonds is 13. The van der Waals surface area contributed by atoms with Gasteiger partial charge in [0.05, 0.1) is 18.0 Å². The molecule has 3 amide bonds. The molecular formula is C62H56ClN3O7. The highest BCUT2D eigenvalue weighted by atomic mass is 35.5. The maximum Gasteiger partial charge on any atom is 0.410 e. The van der Waals surface area contributed by atoms with E-state index in [1.54, 1.807) is 6.07 Å². The van der Waals surface area contributed by atoms with E-state index in [0.717, 1.165) is 68.5 Å². The van der Waals surface area contributed by atoms with Crippen LogP contribution in [0.15, 0.2) is 176 Å². The maximum absolute atomic E-state index is 15.0. The van der Waals surface area contributed by atoms with Crippen LogP contribution in [0.4, 0.5) is 9.59 Å². The molecule has 73 heavy (non-hydrogen) atoms. The number of nitrogens with one attached hydrogen (secondary N) is 2. The highest BCUT2D eigenvalue weighted by molar-refractivity contribution is 6.31. The monoisotopic (exact) mass is 989 g/mol. The molecule has 1 saturated heterocycles. The van der Waals surface area contributed by atoms with Gasteiger partial charge in [-0.2, -0.15) is 0 Å². The second-order valence-corrected chi connectivity index (χ2v) is 20.3. The lowest BCUT2D eigenvalue weighted by atomic mass is 9.79. The second-order valence-electron chi connectivity index (χ2n) is 19.9. The molecule has 4 aliphatic rings. The molecule has 10 nitrogen and oxygen atoms in total. The van der Waals surface area contributed by atoms with Gasteiger partial charge in [-0.3, -0.25) is 14.5 Å². The number of halogens is 1. The van der Waals surface area contributed by atoms with Crippen LogP contribution >= 0.6 is 11.6 Å². The number of carbonyl (C=O) groups excluding carboxylic acids is 4. The van der Waals surface area contributed by atoms with Crippen molar-refractivity contribution in [2.24, 2.45) is 0 Å². The van der Waals surface area contributed by atoms with Gasteiger partial charge in [0, 0.05) is 40.1 Å². The van der Waals surface area contributed by atoms with E-state index in [9.17, 15) is 14.4 Å². The molecular weight excluding hydrogens is 934 g/mol. The number of hydrogen-bond donors (Lipinski definition) is 2. The third-order valence-corrected chi connectivity index (χ3v) is 15.8. The van der Waals surface area contributed by atoms with Gasteiger partial charge in [-0.15, -0.1) is 0 Å². The van der Waals surface area contributed by atoms with Crippen LogP contribution in [0, 0.1) is 6.92 Å². The molecule has 1 unspecified atom stereocenters. The summed E-state index contributed by atoms with van der Waals surface area (Å²) in [5.41, 5.74) is 9.37. The van der Waals surface area contributed by atoms with E-state index in [-0.39, 0.29) is 44.4 Å². The fourth-order valence-corrected chi connectivity index (χ4v) is 12.2. The Morgan fingerprint density at radius 1 is 0.616 bits per heavy atom. The lowest BCUT2D eigenvalue weighted by molar-refractivity contribution is -0.155.